The molecule has 1 aliphatic carbocycles. The summed E-state index contributed by atoms with van der Waals surface area (Å²) in [7, 11) is 0. The van der Waals surface area contributed by atoms with Crippen molar-refractivity contribution in [2.45, 2.75) is 44.4 Å². The maximum Gasteiger partial charge on any atom is 0.391 e. The lowest BCUT2D eigenvalue weighted by atomic mass is 9.78. The molecule has 1 nitrogen and oxygen atoms in total. The third-order valence-corrected chi connectivity index (χ3v) is 4.25. The molecule has 2 rings (SSSR count). The Hall–Kier alpha value is -1.17. The number of halogens is 5. The molecule has 1 aromatic carbocycles. The zero-order valence-electron chi connectivity index (χ0n) is 11.3. The summed E-state index contributed by atoms with van der Waals surface area (Å²) < 4.78 is 64.7. The van der Waals surface area contributed by atoms with Crippen molar-refractivity contribution < 1.29 is 27.1 Å². The maximum atomic E-state index is 13.5. The van der Waals surface area contributed by atoms with Crippen LogP contribution < -0.4 is 0 Å². The Bertz CT molecular complexity index is 457. The fourth-order valence-corrected chi connectivity index (χ4v) is 2.93. The van der Waals surface area contributed by atoms with E-state index in [-0.39, 0.29) is 43.6 Å². The zero-order chi connectivity index (χ0) is 15.6. The monoisotopic (exact) mass is 308 g/mol. The highest BCUT2D eigenvalue weighted by molar-refractivity contribution is 5.20. The number of hydrogen-bond donors (Lipinski definition) is 1. The quantitative estimate of drug-likeness (QED) is 0.828. The normalized spacial score (nSPS) is 24.9. The molecule has 0 aromatic heterocycles. The third kappa shape index (κ3) is 3.93. The second-order valence-corrected chi connectivity index (χ2v) is 5.63. The number of hydrogen-bond acceptors (Lipinski definition) is 1. The van der Waals surface area contributed by atoms with E-state index in [9.17, 15) is 27.1 Å². The summed E-state index contributed by atoms with van der Waals surface area (Å²) in [6.45, 7) is 0. The van der Waals surface area contributed by atoms with Crippen molar-refractivity contribution in [3.63, 3.8) is 0 Å². The Balaban J connectivity index is 1.95. The zero-order valence-corrected chi connectivity index (χ0v) is 11.3. The molecule has 1 atom stereocenters. The van der Waals surface area contributed by atoms with E-state index in [1.807, 2.05) is 0 Å². The lowest BCUT2D eigenvalue weighted by Crippen LogP contribution is -2.33. The second-order valence-electron chi connectivity index (χ2n) is 5.63. The molecule has 0 saturated heterocycles. The minimum absolute atomic E-state index is 0.0367. The first-order chi connectivity index (χ1) is 9.79. The van der Waals surface area contributed by atoms with Crippen LogP contribution in [0.3, 0.4) is 0 Å². The molecular weight excluding hydrogens is 291 g/mol. The molecule has 1 fully saturated rings. The number of aliphatic hydroxyl groups is 1. The molecular formula is C15H17F5O. The van der Waals surface area contributed by atoms with Crippen molar-refractivity contribution in [1.82, 2.24) is 0 Å². The molecule has 0 heterocycles. The first-order valence-corrected chi connectivity index (χ1v) is 6.96. The summed E-state index contributed by atoms with van der Waals surface area (Å²) in [4.78, 5) is 0. The van der Waals surface area contributed by atoms with Gasteiger partial charge in [0.1, 0.15) is 11.6 Å². The molecule has 1 N–H and O–H groups in total. The van der Waals surface area contributed by atoms with Gasteiger partial charge in [-0.3, -0.25) is 0 Å². The fraction of sp³-hybridized carbons (Fsp3) is 0.600. The number of benzene rings is 1. The minimum Gasteiger partial charge on any atom is -0.392 e. The van der Waals surface area contributed by atoms with Crippen LogP contribution >= 0.6 is 0 Å². The van der Waals surface area contributed by atoms with Crippen LogP contribution in [-0.2, 0) is 6.42 Å². The Morgan fingerprint density at radius 2 is 1.57 bits per heavy atom. The fourth-order valence-electron chi connectivity index (χ4n) is 2.93. The number of rotatable bonds is 3. The predicted molar refractivity (Wildman–Crippen MR) is 67.6 cm³/mol. The van der Waals surface area contributed by atoms with Gasteiger partial charge < -0.3 is 5.11 Å². The van der Waals surface area contributed by atoms with E-state index >= 15 is 0 Å². The molecule has 21 heavy (non-hydrogen) atoms. The van der Waals surface area contributed by atoms with Crippen molar-refractivity contribution in [2.75, 3.05) is 0 Å². The lowest BCUT2D eigenvalue weighted by Gasteiger charge is -2.32. The van der Waals surface area contributed by atoms with Gasteiger partial charge in [0.2, 0.25) is 0 Å². The van der Waals surface area contributed by atoms with Crippen molar-refractivity contribution in [3.8, 4) is 0 Å². The van der Waals surface area contributed by atoms with Crippen molar-refractivity contribution in [1.29, 1.82) is 0 Å². The molecule has 1 saturated carbocycles. The summed E-state index contributed by atoms with van der Waals surface area (Å²) >= 11 is 0. The highest BCUT2D eigenvalue weighted by Gasteiger charge is 2.42. The van der Waals surface area contributed by atoms with E-state index < -0.39 is 29.8 Å². The van der Waals surface area contributed by atoms with E-state index in [4.69, 9.17) is 0 Å². The molecule has 0 spiro atoms. The molecule has 6 heteroatoms. The topological polar surface area (TPSA) is 20.2 Å². The van der Waals surface area contributed by atoms with E-state index in [1.54, 1.807) is 0 Å². The number of aliphatic hydroxyl groups excluding tert-OH is 1. The predicted octanol–water partition coefficient (Wildman–Crippen LogP) is 4.24. The van der Waals surface area contributed by atoms with E-state index in [2.05, 4.69) is 0 Å². The minimum atomic E-state index is -4.20. The van der Waals surface area contributed by atoms with Crippen molar-refractivity contribution in [3.05, 3.63) is 35.4 Å². The summed E-state index contributed by atoms with van der Waals surface area (Å²) in [5.74, 6) is -3.15. The Morgan fingerprint density at radius 1 is 1.05 bits per heavy atom. The van der Waals surface area contributed by atoms with Gasteiger partial charge in [-0.2, -0.15) is 13.2 Å². The first kappa shape index (κ1) is 16.2. The highest BCUT2D eigenvalue weighted by Crippen LogP contribution is 2.40. The van der Waals surface area contributed by atoms with E-state index in [0.717, 1.165) is 12.1 Å². The molecule has 0 radical (unpaired) electrons. The van der Waals surface area contributed by atoms with Gasteiger partial charge >= 0.3 is 6.18 Å². The Morgan fingerprint density at radius 3 is 2.05 bits per heavy atom. The average molecular weight is 308 g/mol. The average Bonchev–Trinajstić information content (AvgIpc) is 2.42. The molecule has 0 amide bonds. The van der Waals surface area contributed by atoms with Gasteiger partial charge in [-0.25, -0.2) is 8.78 Å². The van der Waals surface area contributed by atoms with Gasteiger partial charge in [0.15, 0.2) is 0 Å². The smallest absolute Gasteiger partial charge is 0.391 e. The van der Waals surface area contributed by atoms with Crippen LogP contribution in [0.4, 0.5) is 22.0 Å². The van der Waals surface area contributed by atoms with Crippen LogP contribution in [0.25, 0.3) is 0 Å². The molecule has 118 valence electrons. The summed E-state index contributed by atoms with van der Waals surface area (Å²) in [6, 6.07) is 3.44. The Kier molecular flexibility index (Phi) is 4.86. The molecule has 1 aliphatic rings. The number of alkyl halides is 3. The Labute approximate surface area is 119 Å². The van der Waals surface area contributed by atoms with Crippen LogP contribution in [0, 0.1) is 23.5 Å². The van der Waals surface area contributed by atoms with Crippen molar-refractivity contribution in [2.24, 2.45) is 11.8 Å². The van der Waals surface area contributed by atoms with Gasteiger partial charge in [0.25, 0.3) is 0 Å². The highest BCUT2D eigenvalue weighted by atomic mass is 19.4. The van der Waals surface area contributed by atoms with E-state index in [1.165, 1.54) is 6.07 Å². The maximum absolute atomic E-state index is 13.5. The van der Waals surface area contributed by atoms with Crippen LogP contribution in [0.1, 0.15) is 31.2 Å². The summed E-state index contributed by atoms with van der Waals surface area (Å²) in [5.41, 5.74) is -0.206. The van der Waals surface area contributed by atoms with Crippen LogP contribution in [0.15, 0.2) is 18.2 Å². The van der Waals surface area contributed by atoms with Crippen molar-refractivity contribution >= 4 is 0 Å². The summed E-state index contributed by atoms with van der Waals surface area (Å²) in [5, 5.41) is 10.1. The standard InChI is InChI=1S/C15H17F5O/c16-12-2-1-3-13(17)11(12)8-14(21)9-4-6-10(7-5-9)15(18,19)20/h1-3,9-10,14,21H,4-8H2. The van der Waals surface area contributed by atoms with E-state index in [0.29, 0.717) is 0 Å². The van der Waals surface area contributed by atoms with Crippen LogP contribution in [0.2, 0.25) is 0 Å². The van der Waals surface area contributed by atoms with Crippen LogP contribution in [-0.4, -0.2) is 17.4 Å². The van der Waals surface area contributed by atoms with Gasteiger partial charge in [-0.15, -0.1) is 0 Å². The second kappa shape index (κ2) is 6.30. The SMILES string of the molecule is OC(Cc1c(F)cccc1F)C1CCC(C(F)(F)F)CC1. The van der Waals surface area contributed by atoms with Crippen LogP contribution in [0.5, 0.6) is 0 Å². The molecule has 0 bridgehead atoms. The largest absolute Gasteiger partial charge is 0.392 e. The van der Waals surface area contributed by atoms with Gasteiger partial charge in [-0.1, -0.05) is 6.07 Å². The first-order valence-electron chi connectivity index (χ1n) is 6.96. The lowest BCUT2D eigenvalue weighted by molar-refractivity contribution is -0.185. The molecule has 0 aliphatic heterocycles. The molecule has 1 unspecified atom stereocenters. The van der Waals surface area contributed by atoms with Gasteiger partial charge in [0.05, 0.1) is 12.0 Å². The molecule has 1 aromatic rings. The summed E-state index contributed by atoms with van der Waals surface area (Å²) in [6.07, 6.45) is -5.06. The van der Waals surface area contributed by atoms with Gasteiger partial charge in [-0.05, 0) is 43.7 Å². The van der Waals surface area contributed by atoms with Gasteiger partial charge in [0, 0.05) is 12.0 Å². The third-order valence-electron chi connectivity index (χ3n) is 4.25.